The third kappa shape index (κ3) is 4.03. The van der Waals surface area contributed by atoms with Crippen LogP contribution in [0, 0.1) is 0 Å². The molecule has 1 fully saturated rings. The van der Waals surface area contributed by atoms with Gasteiger partial charge in [-0.3, -0.25) is 10.2 Å². The summed E-state index contributed by atoms with van der Waals surface area (Å²) in [6.07, 6.45) is 0. The lowest BCUT2D eigenvalue weighted by Gasteiger charge is -2.36. The van der Waals surface area contributed by atoms with Gasteiger partial charge in [0.25, 0.3) is 5.91 Å². The van der Waals surface area contributed by atoms with Crippen LogP contribution in [0.5, 0.6) is 11.5 Å². The number of hydrogen-bond donors (Lipinski definition) is 1. The van der Waals surface area contributed by atoms with E-state index in [0.29, 0.717) is 17.1 Å². The number of para-hydroxylation sites is 1. The second kappa shape index (κ2) is 7.90. The van der Waals surface area contributed by atoms with Gasteiger partial charge in [0.05, 0.1) is 14.2 Å². The van der Waals surface area contributed by atoms with Crippen molar-refractivity contribution in [2.75, 3.05) is 45.3 Å². The SMILES string of the molecule is COc1ccc(C(=O)NN2CCN(c3ccccc3)CC2)cc1OC. The highest BCUT2D eigenvalue weighted by atomic mass is 16.5. The standard InChI is InChI=1S/C19H23N3O3/c1-24-17-9-8-15(14-18(17)25-2)19(23)20-22-12-10-21(11-13-22)16-6-4-3-5-7-16/h3-9,14H,10-13H2,1-2H3,(H,20,23). The molecule has 0 saturated carbocycles. The van der Waals surface area contributed by atoms with Crippen LogP contribution in [-0.4, -0.2) is 51.3 Å². The molecular formula is C19H23N3O3. The first kappa shape index (κ1) is 17.1. The molecule has 132 valence electrons. The Morgan fingerprint density at radius 3 is 2.24 bits per heavy atom. The van der Waals surface area contributed by atoms with Crippen molar-refractivity contribution >= 4 is 11.6 Å². The van der Waals surface area contributed by atoms with E-state index in [1.165, 1.54) is 5.69 Å². The molecule has 2 aromatic rings. The highest BCUT2D eigenvalue weighted by molar-refractivity contribution is 5.94. The molecule has 1 amide bonds. The summed E-state index contributed by atoms with van der Waals surface area (Å²) in [5, 5.41) is 1.96. The van der Waals surface area contributed by atoms with Crippen molar-refractivity contribution in [1.29, 1.82) is 0 Å². The van der Waals surface area contributed by atoms with Crippen LogP contribution in [0.1, 0.15) is 10.4 Å². The van der Waals surface area contributed by atoms with Gasteiger partial charge >= 0.3 is 0 Å². The molecule has 25 heavy (non-hydrogen) atoms. The van der Waals surface area contributed by atoms with E-state index in [9.17, 15) is 4.79 Å². The van der Waals surface area contributed by atoms with Crippen molar-refractivity contribution < 1.29 is 14.3 Å². The highest BCUT2D eigenvalue weighted by Crippen LogP contribution is 2.27. The van der Waals surface area contributed by atoms with Gasteiger partial charge in [-0.2, -0.15) is 0 Å². The number of methoxy groups -OCH3 is 2. The smallest absolute Gasteiger partial charge is 0.265 e. The Hall–Kier alpha value is -2.73. The first-order chi connectivity index (χ1) is 12.2. The van der Waals surface area contributed by atoms with Gasteiger partial charge in [0.2, 0.25) is 0 Å². The van der Waals surface area contributed by atoms with Crippen LogP contribution in [0.25, 0.3) is 0 Å². The quantitative estimate of drug-likeness (QED) is 0.903. The first-order valence-corrected chi connectivity index (χ1v) is 8.29. The van der Waals surface area contributed by atoms with Gasteiger partial charge in [-0.05, 0) is 30.3 Å². The van der Waals surface area contributed by atoms with E-state index in [1.54, 1.807) is 32.4 Å². The number of piperazine rings is 1. The summed E-state index contributed by atoms with van der Waals surface area (Å²) in [6.45, 7) is 3.29. The third-order valence-electron chi connectivity index (χ3n) is 4.31. The van der Waals surface area contributed by atoms with Crippen LogP contribution < -0.4 is 19.8 Å². The number of carbonyl (C=O) groups excluding carboxylic acids is 1. The molecule has 1 N–H and O–H groups in total. The number of carbonyl (C=O) groups is 1. The predicted molar refractivity (Wildman–Crippen MR) is 97.2 cm³/mol. The van der Waals surface area contributed by atoms with Crippen molar-refractivity contribution in [3.63, 3.8) is 0 Å². The van der Waals surface area contributed by atoms with Crippen molar-refractivity contribution in [2.45, 2.75) is 0 Å². The zero-order valence-corrected chi connectivity index (χ0v) is 14.6. The Morgan fingerprint density at radius 1 is 0.920 bits per heavy atom. The molecule has 1 saturated heterocycles. The van der Waals surface area contributed by atoms with E-state index in [4.69, 9.17) is 9.47 Å². The Labute approximate surface area is 147 Å². The summed E-state index contributed by atoms with van der Waals surface area (Å²) in [7, 11) is 3.13. The Kier molecular flexibility index (Phi) is 5.40. The number of nitrogens with zero attached hydrogens (tertiary/aromatic N) is 2. The zero-order chi connectivity index (χ0) is 17.6. The zero-order valence-electron chi connectivity index (χ0n) is 14.6. The van der Waals surface area contributed by atoms with Gasteiger partial charge < -0.3 is 14.4 Å². The fraction of sp³-hybridized carbons (Fsp3) is 0.316. The Balaban J connectivity index is 1.58. The van der Waals surface area contributed by atoms with E-state index >= 15 is 0 Å². The van der Waals surface area contributed by atoms with E-state index in [-0.39, 0.29) is 5.91 Å². The fourth-order valence-electron chi connectivity index (χ4n) is 2.90. The maximum Gasteiger partial charge on any atom is 0.265 e. The molecule has 0 radical (unpaired) electrons. The van der Waals surface area contributed by atoms with Gasteiger partial charge in [-0.15, -0.1) is 0 Å². The molecule has 1 aliphatic heterocycles. The summed E-state index contributed by atoms with van der Waals surface area (Å²) >= 11 is 0. The first-order valence-electron chi connectivity index (χ1n) is 8.29. The summed E-state index contributed by atoms with van der Waals surface area (Å²) in [5.41, 5.74) is 4.73. The number of rotatable bonds is 5. The topological polar surface area (TPSA) is 54.0 Å². The summed E-state index contributed by atoms with van der Waals surface area (Å²) < 4.78 is 10.5. The minimum atomic E-state index is -0.144. The van der Waals surface area contributed by atoms with E-state index in [1.807, 2.05) is 23.2 Å². The minimum Gasteiger partial charge on any atom is -0.493 e. The minimum absolute atomic E-state index is 0.144. The lowest BCUT2D eigenvalue weighted by molar-refractivity contribution is 0.0777. The number of ether oxygens (including phenoxy) is 2. The molecule has 1 heterocycles. The van der Waals surface area contributed by atoms with Crippen molar-refractivity contribution in [2.24, 2.45) is 0 Å². The Morgan fingerprint density at radius 2 is 1.60 bits per heavy atom. The molecule has 0 spiro atoms. The molecule has 6 nitrogen and oxygen atoms in total. The molecule has 6 heteroatoms. The average molecular weight is 341 g/mol. The van der Waals surface area contributed by atoms with Crippen LogP contribution in [0.15, 0.2) is 48.5 Å². The number of hydrogen-bond acceptors (Lipinski definition) is 5. The lowest BCUT2D eigenvalue weighted by Crippen LogP contribution is -2.53. The fourth-order valence-corrected chi connectivity index (χ4v) is 2.90. The van der Waals surface area contributed by atoms with Crippen LogP contribution in [-0.2, 0) is 0 Å². The maximum absolute atomic E-state index is 12.5. The largest absolute Gasteiger partial charge is 0.493 e. The molecule has 0 bridgehead atoms. The van der Waals surface area contributed by atoms with Crippen molar-refractivity contribution in [1.82, 2.24) is 10.4 Å². The summed E-state index contributed by atoms with van der Waals surface area (Å²) in [6, 6.07) is 15.5. The summed E-state index contributed by atoms with van der Waals surface area (Å²) in [5.74, 6) is 1.01. The highest BCUT2D eigenvalue weighted by Gasteiger charge is 2.19. The second-order valence-electron chi connectivity index (χ2n) is 5.82. The molecule has 0 aromatic heterocycles. The van der Waals surface area contributed by atoms with Gasteiger partial charge in [0, 0.05) is 37.4 Å². The third-order valence-corrected chi connectivity index (χ3v) is 4.31. The molecule has 2 aromatic carbocycles. The number of hydrazine groups is 1. The van der Waals surface area contributed by atoms with Crippen LogP contribution in [0.3, 0.4) is 0 Å². The van der Waals surface area contributed by atoms with Gasteiger partial charge in [-0.1, -0.05) is 18.2 Å². The molecule has 0 unspecified atom stereocenters. The number of amides is 1. The maximum atomic E-state index is 12.5. The van der Waals surface area contributed by atoms with Gasteiger partial charge in [0.1, 0.15) is 0 Å². The lowest BCUT2D eigenvalue weighted by atomic mass is 10.2. The molecule has 0 aliphatic carbocycles. The van der Waals surface area contributed by atoms with E-state index in [2.05, 4.69) is 22.5 Å². The predicted octanol–water partition coefficient (Wildman–Crippen LogP) is 2.17. The number of benzene rings is 2. The normalized spacial score (nSPS) is 14.9. The molecule has 3 rings (SSSR count). The van der Waals surface area contributed by atoms with Gasteiger partial charge in [-0.25, -0.2) is 5.01 Å². The molecular weight excluding hydrogens is 318 g/mol. The van der Waals surface area contributed by atoms with Crippen LogP contribution in [0.4, 0.5) is 5.69 Å². The second-order valence-corrected chi connectivity index (χ2v) is 5.82. The Bertz CT molecular complexity index is 713. The van der Waals surface area contributed by atoms with Crippen molar-refractivity contribution in [3.05, 3.63) is 54.1 Å². The monoisotopic (exact) mass is 341 g/mol. The molecule has 1 aliphatic rings. The number of anilines is 1. The average Bonchev–Trinajstić information content (AvgIpc) is 2.68. The van der Waals surface area contributed by atoms with E-state index < -0.39 is 0 Å². The van der Waals surface area contributed by atoms with Crippen LogP contribution >= 0.6 is 0 Å². The van der Waals surface area contributed by atoms with Crippen molar-refractivity contribution in [3.8, 4) is 11.5 Å². The summed E-state index contributed by atoms with van der Waals surface area (Å²) in [4.78, 5) is 14.8. The number of nitrogens with one attached hydrogen (secondary N) is 1. The molecule has 0 atom stereocenters. The van der Waals surface area contributed by atoms with E-state index in [0.717, 1.165) is 26.2 Å². The van der Waals surface area contributed by atoms with Gasteiger partial charge in [0.15, 0.2) is 11.5 Å². The van der Waals surface area contributed by atoms with Crippen LogP contribution in [0.2, 0.25) is 0 Å².